The summed E-state index contributed by atoms with van der Waals surface area (Å²) in [5, 5.41) is 7.01. The highest BCUT2D eigenvalue weighted by Crippen LogP contribution is 2.31. The second kappa shape index (κ2) is 4.95. The lowest BCUT2D eigenvalue weighted by Gasteiger charge is -2.09. The average Bonchev–Trinajstić information content (AvgIpc) is 3.11. The first kappa shape index (κ1) is 12.5. The Bertz CT molecular complexity index is 629. The maximum atomic E-state index is 12.3. The van der Waals surface area contributed by atoms with E-state index in [1.807, 2.05) is 0 Å². The van der Waals surface area contributed by atoms with Crippen molar-refractivity contribution in [1.29, 1.82) is 0 Å². The van der Waals surface area contributed by atoms with E-state index in [-0.39, 0.29) is 5.91 Å². The van der Waals surface area contributed by atoms with Gasteiger partial charge < -0.3 is 5.32 Å². The highest BCUT2D eigenvalue weighted by Gasteiger charge is 2.20. The zero-order valence-electron chi connectivity index (χ0n) is 11.0. The fraction of sp³-hybridized carbons (Fsp3) is 0.429. The number of amides is 1. The molecular weight excluding hydrogens is 290 g/mol. The van der Waals surface area contributed by atoms with Crippen molar-refractivity contribution in [2.45, 2.75) is 32.2 Å². The molecule has 20 heavy (non-hydrogen) atoms. The number of nitrogens with one attached hydrogen (secondary N) is 2. The molecule has 3 heterocycles. The van der Waals surface area contributed by atoms with Crippen molar-refractivity contribution in [2.75, 3.05) is 11.9 Å². The number of thiazole rings is 1. The van der Waals surface area contributed by atoms with Gasteiger partial charge in [0.15, 0.2) is 5.13 Å². The average molecular weight is 305 g/mol. The van der Waals surface area contributed by atoms with Crippen molar-refractivity contribution >= 4 is 33.7 Å². The molecule has 0 bridgehead atoms. The van der Waals surface area contributed by atoms with E-state index in [4.69, 9.17) is 0 Å². The summed E-state index contributed by atoms with van der Waals surface area (Å²) < 4.78 is 0. The molecule has 1 aliphatic heterocycles. The first-order valence-electron chi connectivity index (χ1n) is 6.92. The fourth-order valence-electron chi connectivity index (χ4n) is 2.78. The molecule has 104 valence electrons. The normalized spacial score (nSPS) is 16.8. The summed E-state index contributed by atoms with van der Waals surface area (Å²) in [6.45, 7) is 1.85. The Kier molecular flexibility index (Phi) is 3.09. The third kappa shape index (κ3) is 2.17. The lowest BCUT2D eigenvalue weighted by atomic mass is 10.2. The van der Waals surface area contributed by atoms with Crippen molar-refractivity contribution in [2.24, 2.45) is 0 Å². The van der Waals surface area contributed by atoms with Crippen LogP contribution in [0.25, 0.3) is 0 Å². The smallest absolute Gasteiger partial charge is 0.267 e. The summed E-state index contributed by atoms with van der Waals surface area (Å²) in [7, 11) is 0. The molecular formula is C14H15N3OS2. The van der Waals surface area contributed by atoms with Crippen LogP contribution in [-0.4, -0.2) is 17.4 Å². The van der Waals surface area contributed by atoms with Crippen LogP contribution < -0.4 is 10.6 Å². The Morgan fingerprint density at radius 1 is 1.25 bits per heavy atom. The summed E-state index contributed by atoms with van der Waals surface area (Å²) in [5.41, 5.74) is 2.50. The van der Waals surface area contributed by atoms with Crippen molar-refractivity contribution in [1.82, 2.24) is 10.3 Å². The fourth-order valence-corrected chi connectivity index (χ4v) is 4.90. The maximum Gasteiger partial charge on any atom is 0.267 e. The Balaban J connectivity index is 1.53. The maximum absolute atomic E-state index is 12.3. The van der Waals surface area contributed by atoms with Gasteiger partial charge in [-0.1, -0.05) is 0 Å². The SMILES string of the molecule is O=C(Nc1nc2c(s1)CNCC2)c1cc2c(s1)CCC2. The molecule has 4 nitrogen and oxygen atoms in total. The lowest BCUT2D eigenvalue weighted by Crippen LogP contribution is -2.22. The van der Waals surface area contributed by atoms with Crippen LogP contribution >= 0.6 is 22.7 Å². The second-order valence-corrected chi connectivity index (χ2v) is 7.40. The molecule has 0 atom stereocenters. The van der Waals surface area contributed by atoms with E-state index in [0.717, 1.165) is 48.1 Å². The van der Waals surface area contributed by atoms with Crippen molar-refractivity contribution in [3.05, 3.63) is 32.0 Å². The first-order valence-corrected chi connectivity index (χ1v) is 8.55. The molecule has 6 heteroatoms. The van der Waals surface area contributed by atoms with Crippen LogP contribution in [0.5, 0.6) is 0 Å². The van der Waals surface area contributed by atoms with Gasteiger partial charge in [0.05, 0.1) is 10.6 Å². The van der Waals surface area contributed by atoms with E-state index in [1.54, 1.807) is 22.7 Å². The number of carbonyl (C=O) groups is 1. The van der Waals surface area contributed by atoms with E-state index >= 15 is 0 Å². The minimum atomic E-state index is -0.0107. The standard InChI is InChI=1S/C14H15N3OS2/c18-13(11-6-8-2-1-3-10(8)19-11)17-14-16-9-4-5-15-7-12(9)20-14/h6,15H,1-5,7H2,(H,16,17,18). The van der Waals surface area contributed by atoms with Gasteiger partial charge in [-0.05, 0) is 30.9 Å². The van der Waals surface area contributed by atoms with Crippen molar-refractivity contribution < 1.29 is 4.79 Å². The summed E-state index contributed by atoms with van der Waals surface area (Å²) in [4.78, 5) is 20.3. The molecule has 0 saturated heterocycles. The van der Waals surface area contributed by atoms with Crippen LogP contribution in [0, 0.1) is 0 Å². The van der Waals surface area contributed by atoms with Crippen LogP contribution in [0.3, 0.4) is 0 Å². The van der Waals surface area contributed by atoms with Gasteiger partial charge in [0, 0.05) is 29.3 Å². The summed E-state index contributed by atoms with van der Waals surface area (Å²) in [6, 6.07) is 2.05. The molecule has 2 aromatic heterocycles. The highest BCUT2D eigenvalue weighted by atomic mass is 32.1. The molecule has 0 fully saturated rings. The van der Waals surface area contributed by atoms with Gasteiger partial charge in [0.2, 0.25) is 0 Å². The van der Waals surface area contributed by atoms with Crippen LogP contribution in [-0.2, 0) is 25.8 Å². The van der Waals surface area contributed by atoms with Crippen LogP contribution in [0.4, 0.5) is 5.13 Å². The predicted octanol–water partition coefficient (Wildman–Crippen LogP) is 2.59. The molecule has 0 radical (unpaired) electrons. The van der Waals surface area contributed by atoms with Gasteiger partial charge in [0.1, 0.15) is 0 Å². The molecule has 4 rings (SSSR count). The number of aryl methyl sites for hydroxylation is 2. The van der Waals surface area contributed by atoms with E-state index < -0.39 is 0 Å². The number of nitrogens with zero attached hydrogens (tertiary/aromatic N) is 1. The molecule has 0 aromatic carbocycles. The van der Waals surface area contributed by atoms with Gasteiger partial charge in [-0.15, -0.1) is 22.7 Å². The third-order valence-electron chi connectivity index (χ3n) is 3.79. The zero-order chi connectivity index (χ0) is 13.5. The first-order chi connectivity index (χ1) is 9.79. The largest absolute Gasteiger partial charge is 0.311 e. The summed E-state index contributed by atoms with van der Waals surface area (Å²) in [5.74, 6) is -0.0107. The number of hydrogen-bond acceptors (Lipinski definition) is 5. The van der Waals surface area contributed by atoms with E-state index in [1.165, 1.54) is 21.7 Å². The van der Waals surface area contributed by atoms with E-state index in [9.17, 15) is 4.79 Å². The van der Waals surface area contributed by atoms with Crippen molar-refractivity contribution in [3.63, 3.8) is 0 Å². The molecule has 0 saturated carbocycles. The molecule has 0 spiro atoms. The Hall–Kier alpha value is -1.24. The summed E-state index contributed by atoms with van der Waals surface area (Å²) in [6.07, 6.45) is 4.44. The Labute approximate surface area is 125 Å². The number of rotatable bonds is 2. The zero-order valence-corrected chi connectivity index (χ0v) is 12.6. The molecule has 2 aliphatic rings. The van der Waals surface area contributed by atoms with Gasteiger partial charge in [-0.3, -0.25) is 10.1 Å². The lowest BCUT2D eigenvalue weighted by molar-refractivity contribution is 0.103. The minimum absolute atomic E-state index is 0.0107. The monoisotopic (exact) mass is 305 g/mol. The molecule has 2 aromatic rings. The number of thiophene rings is 1. The number of fused-ring (bicyclic) bond motifs is 2. The van der Waals surface area contributed by atoms with Crippen LogP contribution in [0.15, 0.2) is 6.07 Å². The molecule has 2 N–H and O–H groups in total. The molecule has 0 unspecified atom stereocenters. The van der Waals surface area contributed by atoms with Gasteiger partial charge in [0.25, 0.3) is 5.91 Å². The quantitative estimate of drug-likeness (QED) is 0.896. The topological polar surface area (TPSA) is 54.0 Å². The predicted molar refractivity (Wildman–Crippen MR) is 81.8 cm³/mol. The van der Waals surface area contributed by atoms with E-state index in [2.05, 4.69) is 21.7 Å². The van der Waals surface area contributed by atoms with Crippen LogP contribution in [0.1, 0.15) is 37.1 Å². The minimum Gasteiger partial charge on any atom is -0.311 e. The third-order valence-corrected chi connectivity index (χ3v) is 6.04. The van der Waals surface area contributed by atoms with Crippen molar-refractivity contribution in [3.8, 4) is 0 Å². The Morgan fingerprint density at radius 3 is 3.05 bits per heavy atom. The number of carbonyl (C=O) groups excluding carboxylic acids is 1. The number of anilines is 1. The van der Waals surface area contributed by atoms with E-state index in [0.29, 0.717) is 0 Å². The number of aromatic nitrogens is 1. The Morgan fingerprint density at radius 2 is 2.20 bits per heavy atom. The van der Waals surface area contributed by atoms with Gasteiger partial charge in [-0.2, -0.15) is 0 Å². The number of hydrogen-bond donors (Lipinski definition) is 2. The highest BCUT2D eigenvalue weighted by molar-refractivity contribution is 7.16. The molecule has 1 amide bonds. The summed E-state index contributed by atoms with van der Waals surface area (Å²) >= 11 is 3.22. The second-order valence-electron chi connectivity index (χ2n) is 5.18. The van der Waals surface area contributed by atoms with Crippen LogP contribution in [0.2, 0.25) is 0 Å². The van der Waals surface area contributed by atoms with Gasteiger partial charge in [-0.25, -0.2) is 4.98 Å². The molecule has 1 aliphatic carbocycles. The van der Waals surface area contributed by atoms with Gasteiger partial charge >= 0.3 is 0 Å².